The predicted molar refractivity (Wildman–Crippen MR) is 195 cm³/mol. The molecule has 6 atom stereocenters. The summed E-state index contributed by atoms with van der Waals surface area (Å²) in [6.07, 6.45) is 7.75. The monoisotopic (exact) mass is 728 g/mol. The highest BCUT2D eigenvalue weighted by atomic mass is 32.2. The second-order valence-corrected chi connectivity index (χ2v) is 20.0. The fourth-order valence-electron chi connectivity index (χ4n) is 6.99. The van der Waals surface area contributed by atoms with Crippen molar-refractivity contribution < 1.29 is 43.2 Å². The molecule has 9 nitrogen and oxygen atoms in total. The maximum Gasteiger partial charge on any atom is 0.347 e. The number of hydrogen-bond acceptors (Lipinski definition) is 11. The maximum atomic E-state index is 12.4. The summed E-state index contributed by atoms with van der Waals surface area (Å²) in [4.78, 5) is 46.9. The Morgan fingerprint density at radius 1 is 0.816 bits per heavy atom. The van der Waals surface area contributed by atoms with Crippen LogP contribution in [0.1, 0.15) is 140 Å². The Morgan fingerprint density at radius 2 is 1.33 bits per heavy atom. The van der Waals surface area contributed by atoms with Gasteiger partial charge in [0, 0.05) is 29.1 Å². The summed E-state index contributed by atoms with van der Waals surface area (Å²) in [6, 6.07) is 0. The fourth-order valence-corrected chi connectivity index (χ4v) is 9.61. The van der Waals surface area contributed by atoms with Crippen LogP contribution in [-0.4, -0.2) is 74.6 Å². The van der Waals surface area contributed by atoms with Crippen LogP contribution in [-0.2, 0) is 38.1 Å². The SMILES string of the molecule is CCC(C)(C)C(=O)OC12CC3CC(CC(O)(C3)C1)C2.CCC(C)(C)C(=O)OC1CCOC1=O.CCC(C)(C)C(=O)OC1CSC(C)C(C)S1. The molecule has 2 aliphatic heterocycles. The lowest BCUT2D eigenvalue weighted by Gasteiger charge is -2.59. The third-order valence-electron chi connectivity index (χ3n) is 11.5. The van der Waals surface area contributed by atoms with E-state index in [-0.39, 0.29) is 34.4 Å². The van der Waals surface area contributed by atoms with Crippen LogP contribution in [0, 0.1) is 28.1 Å². The van der Waals surface area contributed by atoms with E-state index in [2.05, 4.69) is 13.8 Å². The number of carbonyl (C=O) groups is 4. The van der Waals surface area contributed by atoms with Crippen molar-refractivity contribution in [2.24, 2.45) is 28.1 Å². The molecule has 2 heterocycles. The van der Waals surface area contributed by atoms with E-state index in [0.29, 0.717) is 48.2 Å². The summed E-state index contributed by atoms with van der Waals surface area (Å²) in [5, 5.41) is 11.9. The van der Waals surface area contributed by atoms with Gasteiger partial charge in [-0.25, -0.2) is 4.79 Å². The molecule has 4 saturated carbocycles. The molecule has 1 N–H and O–H groups in total. The largest absolute Gasteiger partial charge is 0.463 e. The van der Waals surface area contributed by atoms with Crippen LogP contribution in [0.15, 0.2) is 0 Å². The summed E-state index contributed by atoms with van der Waals surface area (Å²) in [7, 11) is 0. The first-order valence-electron chi connectivity index (χ1n) is 18.4. The molecule has 0 radical (unpaired) electrons. The third kappa shape index (κ3) is 11.0. The van der Waals surface area contributed by atoms with Crippen molar-refractivity contribution in [3.8, 4) is 0 Å². The molecule has 282 valence electrons. The van der Waals surface area contributed by atoms with Gasteiger partial charge < -0.3 is 24.1 Å². The zero-order valence-corrected chi connectivity index (χ0v) is 33.6. The van der Waals surface area contributed by atoms with Crippen LogP contribution >= 0.6 is 23.5 Å². The Balaban J connectivity index is 0.000000202. The summed E-state index contributed by atoms with van der Waals surface area (Å²) < 4.78 is 21.3. The molecule has 6 rings (SSSR count). The minimum Gasteiger partial charge on any atom is -0.463 e. The minimum atomic E-state index is -0.687. The number of rotatable bonds is 9. The van der Waals surface area contributed by atoms with E-state index in [4.69, 9.17) is 18.9 Å². The third-order valence-corrected chi connectivity index (χ3v) is 14.7. The van der Waals surface area contributed by atoms with Crippen molar-refractivity contribution >= 4 is 47.4 Å². The number of thioether (sulfide) groups is 2. The molecule has 49 heavy (non-hydrogen) atoms. The van der Waals surface area contributed by atoms with Gasteiger partial charge in [-0.05, 0) is 105 Å². The molecule has 6 aliphatic rings. The number of cyclic esters (lactones) is 1. The van der Waals surface area contributed by atoms with Gasteiger partial charge in [-0.2, -0.15) is 11.8 Å². The first-order valence-corrected chi connectivity index (χ1v) is 20.4. The van der Waals surface area contributed by atoms with Gasteiger partial charge in [0.1, 0.15) is 5.60 Å². The summed E-state index contributed by atoms with van der Waals surface area (Å²) in [5.41, 5.74) is -2.16. The maximum absolute atomic E-state index is 12.4. The lowest BCUT2D eigenvalue weighted by molar-refractivity contribution is -0.225. The van der Waals surface area contributed by atoms with E-state index in [1.54, 1.807) is 25.6 Å². The highest BCUT2D eigenvalue weighted by molar-refractivity contribution is 8.07. The van der Waals surface area contributed by atoms with E-state index < -0.39 is 28.5 Å². The first-order chi connectivity index (χ1) is 22.6. The minimum absolute atomic E-state index is 0.0366. The van der Waals surface area contributed by atoms with Crippen molar-refractivity contribution in [3.63, 3.8) is 0 Å². The summed E-state index contributed by atoms with van der Waals surface area (Å²) >= 11 is 3.68. The van der Waals surface area contributed by atoms with Crippen LogP contribution in [0.3, 0.4) is 0 Å². The molecule has 11 heteroatoms. The van der Waals surface area contributed by atoms with Crippen LogP contribution < -0.4 is 0 Å². The average Bonchev–Trinajstić information content (AvgIpc) is 3.41. The molecule has 4 aliphatic carbocycles. The molecule has 6 fully saturated rings. The Labute approximate surface area is 303 Å². The number of esters is 4. The van der Waals surface area contributed by atoms with Crippen molar-refractivity contribution in [1.29, 1.82) is 0 Å². The molecule has 0 aromatic rings. The van der Waals surface area contributed by atoms with Gasteiger partial charge in [0.2, 0.25) is 6.10 Å². The Hall–Kier alpha value is -1.46. The Bertz CT molecular complexity index is 1170. The van der Waals surface area contributed by atoms with Crippen LogP contribution in [0.4, 0.5) is 0 Å². The first kappa shape index (κ1) is 42.0. The van der Waals surface area contributed by atoms with Crippen molar-refractivity contribution in [2.75, 3.05) is 12.4 Å². The highest BCUT2D eigenvalue weighted by Crippen LogP contribution is 2.59. The second-order valence-electron chi connectivity index (χ2n) is 17.0. The zero-order chi connectivity index (χ0) is 37.0. The molecule has 6 unspecified atom stereocenters. The van der Waals surface area contributed by atoms with Gasteiger partial charge in [0.15, 0.2) is 5.44 Å². The molecule has 0 spiro atoms. The Morgan fingerprint density at radius 3 is 1.78 bits per heavy atom. The van der Waals surface area contributed by atoms with Gasteiger partial charge in [-0.3, -0.25) is 14.4 Å². The fraction of sp³-hybridized carbons (Fsp3) is 0.895. The smallest absolute Gasteiger partial charge is 0.347 e. The van der Waals surface area contributed by atoms with Crippen LogP contribution in [0.2, 0.25) is 0 Å². The molecular weight excluding hydrogens is 665 g/mol. The van der Waals surface area contributed by atoms with Gasteiger partial charge in [0.25, 0.3) is 0 Å². The predicted octanol–water partition coefficient (Wildman–Crippen LogP) is 7.88. The van der Waals surface area contributed by atoms with E-state index in [9.17, 15) is 24.3 Å². The van der Waals surface area contributed by atoms with Gasteiger partial charge >= 0.3 is 23.9 Å². The Kier molecular flexibility index (Phi) is 14.1. The number of aliphatic hydroxyl groups is 1. The van der Waals surface area contributed by atoms with E-state index >= 15 is 0 Å². The number of ether oxygens (including phenoxy) is 4. The molecular formula is C38H64O9S2. The molecule has 0 amide bonds. The quantitative estimate of drug-likeness (QED) is 0.184. The summed E-state index contributed by atoms with van der Waals surface area (Å²) in [6.45, 7) is 22.1. The zero-order valence-electron chi connectivity index (χ0n) is 32.0. The molecule has 0 aromatic carbocycles. The second kappa shape index (κ2) is 16.5. The topological polar surface area (TPSA) is 125 Å². The van der Waals surface area contributed by atoms with Crippen molar-refractivity contribution in [1.82, 2.24) is 0 Å². The molecule has 2 saturated heterocycles. The van der Waals surface area contributed by atoms with Gasteiger partial charge in [0.05, 0.1) is 28.5 Å². The van der Waals surface area contributed by atoms with Crippen molar-refractivity contribution in [2.45, 2.75) is 174 Å². The van der Waals surface area contributed by atoms with Gasteiger partial charge in [-0.15, -0.1) is 11.8 Å². The number of hydrogen-bond donors (Lipinski definition) is 1. The molecule has 0 aromatic heterocycles. The van der Waals surface area contributed by atoms with E-state index in [1.807, 2.05) is 60.2 Å². The van der Waals surface area contributed by atoms with Crippen molar-refractivity contribution in [3.05, 3.63) is 0 Å². The van der Waals surface area contributed by atoms with E-state index in [0.717, 1.165) is 44.3 Å². The number of carbonyl (C=O) groups excluding carboxylic acids is 4. The van der Waals surface area contributed by atoms with Gasteiger partial charge in [-0.1, -0.05) is 34.6 Å². The van der Waals surface area contributed by atoms with Crippen LogP contribution in [0.25, 0.3) is 0 Å². The summed E-state index contributed by atoms with van der Waals surface area (Å²) in [5.74, 6) is 1.14. The normalized spacial score (nSPS) is 33.7. The standard InChI is InChI=1S/C16H26O3.C12H22O2S2.C10H16O4/c1-4-14(2,3)13(17)19-16-8-11-5-12(9-16)7-15(18,6-11)10-16;1-6-12(4,5)11(13)14-10-7-15-8(2)9(3)16-10;1-4-10(2,3)9(12)14-7-5-6-13-8(7)11/h11-12,18H,4-10H2,1-3H3;8-10H,6-7H2,1-5H3;7H,4-6H2,1-3H3. The lowest BCUT2D eigenvalue weighted by atomic mass is 9.52. The highest BCUT2D eigenvalue weighted by Gasteiger charge is 2.59. The average molecular weight is 729 g/mol. The lowest BCUT2D eigenvalue weighted by Crippen LogP contribution is -2.61. The molecule has 4 bridgehead atoms. The van der Waals surface area contributed by atoms with Crippen LogP contribution in [0.5, 0.6) is 0 Å². The van der Waals surface area contributed by atoms with E-state index in [1.165, 1.54) is 6.42 Å².